The predicted molar refractivity (Wildman–Crippen MR) is 74.3 cm³/mol. The molecule has 1 N–H and O–H groups in total. The summed E-state index contributed by atoms with van der Waals surface area (Å²) in [6, 6.07) is 0. The minimum atomic E-state index is -0.435. The first kappa shape index (κ1) is 14.5. The van der Waals surface area contributed by atoms with Gasteiger partial charge in [-0.3, -0.25) is 9.69 Å². The molecule has 1 spiro atoms. The van der Waals surface area contributed by atoms with Gasteiger partial charge in [0.05, 0.1) is 13.2 Å². The minimum absolute atomic E-state index is 0.0185. The van der Waals surface area contributed by atoms with Crippen LogP contribution in [-0.2, 0) is 11.3 Å². The van der Waals surface area contributed by atoms with Crippen LogP contribution in [0.4, 0.5) is 0 Å². The Morgan fingerprint density at radius 1 is 1.33 bits per heavy atom. The van der Waals surface area contributed by atoms with Gasteiger partial charge in [-0.15, -0.1) is 0 Å². The molecule has 0 bridgehead atoms. The highest BCUT2D eigenvalue weighted by molar-refractivity contribution is 5.87. The maximum absolute atomic E-state index is 12.9. The van der Waals surface area contributed by atoms with Gasteiger partial charge < -0.3 is 14.5 Å². The van der Waals surface area contributed by atoms with Crippen molar-refractivity contribution in [1.29, 1.82) is 0 Å². The summed E-state index contributed by atoms with van der Waals surface area (Å²) in [4.78, 5) is 21.1. The molecule has 1 unspecified atom stereocenters. The van der Waals surface area contributed by atoms with E-state index in [1.807, 2.05) is 0 Å². The van der Waals surface area contributed by atoms with E-state index in [4.69, 9.17) is 9.63 Å². The van der Waals surface area contributed by atoms with E-state index in [-0.39, 0.29) is 12.5 Å². The molecule has 2 aliphatic heterocycles. The molecule has 116 valence electrons. The number of carbonyl (C=O) groups is 1. The summed E-state index contributed by atoms with van der Waals surface area (Å²) >= 11 is 0. The predicted octanol–water partition coefficient (Wildman–Crippen LogP) is 0.327. The van der Waals surface area contributed by atoms with Crippen LogP contribution in [0.5, 0.6) is 0 Å². The van der Waals surface area contributed by atoms with Gasteiger partial charge in [-0.1, -0.05) is 5.16 Å². The van der Waals surface area contributed by atoms with Crippen molar-refractivity contribution in [2.75, 3.05) is 26.2 Å². The Kier molecular flexibility index (Phi) is 3.95. The molecule has 2 aliphatic rings. The normalized spacial score (nSPS) is 27.0. The van der Waals surface area contributed by atoms with Gasteiger partial charge in [0.2, 0.25) is 11.8 Å². The van der Waals surface area contributed by atoms with Crippen LogP contribution in [-0.4, -0.2) is 62.7 Å². The zero-order valence-electron chi connectivity index (χ0n) is 12.4. The highest BCUT2D eigenvalue weighted by Crippen LogP contribution is 2.38. The Bertz CT molecular complexity index is 516. The number of aliphatic hydroxyl groups is 1. The second-order valence-corrected chi connectivity index (χ2v) is 5.91. The summed E-state index contributed by atoms with van der Waals surface area (Å²) in [7, 11) is 0. The number of aliphatic hydroxyl groups excluding tert-OH is 1. The number of rotatable bonds is 4. The summed E-state index contributed by atoms with van der Waals surface area (Å²) in [6.45, 7) is 4.38. The number of aromatic nitrogens is 2. The number of aryl methyl sites for hydroxylation is 1. The average molecular weight is 294 g/mol. The first-order valence-electron chi connectivity index (χ1n) is 7.60. The molecule has 1 amide bonds. The Balaban J connectivity index is 1.79. The molecule has 0 saturated carbocycles. The molecule has 1 aromatic heterocycles. The smallest absolute Gasteiger partial charge is 0.243 e. The Morgan fingerprint density at radius 2 is 2.10 bits per heavy atom. The summed E-state index contributed by atoms with van der Waals surface area (Å²) in [6.07, 6.45) is 3.73. The van der Waals surface area contributed by atoms with Crippen LogP contribution in [0.25, 0.3) is 0 Å². The summed E-state index contributed by atoms with van der Waals surface area (Å²) in [5.74, 6) is 1.34. The van der Waals surface area contributed by atoms with Crippen LogP contribution in [0.3, 0.4) is 0 Å². The summed E-state index contributed by atoms with van der Waals surface area (Å²) in [5.41, 5.74) is -0.435. The number of amides is 1. The van der Waals surface area contributed by atoms with E-state index >= 15 is 0 Å². The second kappa shape index (κ2) is 5.73. The SMILES string of the molecule is Cc1noc(CN2CCCC23CCCN(CCO)C3=O)n1. The topological polar surface area (TPSA) is 82.7 Å². The summed E-state index contributed by atoms with van der Waals surface area (Å²) < 4.78 is 5.20. The van der Waals surface area contributed by atoms with Crippen LogP contribution < -0.4 is 0 Å². The number of piperidine rings is 1. The molecule has 2 saturated heterocycles. The number of β-amino-alcohol motifs (C(OH)–C–C–N with tert-alkyl or cyclic N) is 1. The van der Waals surface area contributed by atoms with Crippen molar-refractivity contribution in [2.24, 2.45) is 0 Å². The number of nitrogens with zero attached hydrogens (tertiary/aromatic N) is 4. The van der Waals surface area contributed by atoms with Gasteiger partial charge >= 0.3 is 0 Å². The van der Waals surface area contributed by atoms with Gasteiger partial charge in [-0.05, 0) is 39.2 Å². The molecule has 0 aliphatic carbocycles. The molecule has 3 heterocycles. The molecule has 0 aromatic carbocycles. The van der Waals surface area contributed by atoms with E-state index in [0.29, 0.717) is 24.8 Å². The number of likely N-dealkylation sites (tertiary alicyclic amines) is 2. The molecular weight excluding hydrogens is 272 g/mol. The maximum atomic E-state index is 12.9. The zero-order valence-corrected chi connectivity index (χ0v) is 12.4. The lowest BCUT2D eigenvalue weighted by atomic mass is 9.85. The van der Waals surface area contributed by atoms with E-state index < -0.39 is 5.54 Å². The quantitative estimate of drug-likeness (QED) is 0.861. The third-order valence-electron chi connectivity index (χ3n) is 4.59. The van der Waals surface area contributed by atoms with E-state index in [9.17, 15) is 4.79 Å². The fraction of sp³-hybridized carbons (Fsp3) is 0.786. The largest absolute Gasteiger partial charge is 0.395 e. The van der Waals surface area contributed by atoms with Gasteiger partial charge in [0.15, 0.2) is 5.82 Å². The lowest BCUT2D eigenvalue weighted by molar-refractivity contribution is -0.148. The van der Waals surface area contributed by atoms with Gasteiger partial charge in [-0.2, -0.15) is 4.98 Å². The van der Waals surface area contributed by atoms with Crippen molar-refractivity contribution in [3.8, 4) is 0 Å². The third kappa shape index (κ3) is 2.55. The van der Waals surface area contributed by atoms with Crippen LogP contribution in [0.15, 0.2) is 4.52 Å². The Labute approximate surface area is 123 Å². The molecule has 3 rings (SSSR count). The third-order valence-corrected chi connectivity index (χ3v) is 4.59. The molecule has 1 aromatic rings. The number of hydrogen-bond donors (Lipinski definition) is 1. The van der Waals surface area contributed by atoms with E-state index in [1.165, 1.54) is 0 Å². The fourth-order valence-electron chi connectivity index (χ4n) is 3.66. The van der Waals surface area contributed by atoms with Crippen LogP contribution in [0.1, 0.15) is 37.4 Å². The zero-order chi connectivity index (χ0) is 14.9. The first-order valence-corrected chi connectivity index (χ1v) is 7.60. The van der Waals surface area contributed by atoms with Crippen LogP contribution >= 0.6 is 0 Å². The molecule has 7 heteroatoms. The van der Waals surface area contributed by atoms with Gasteiger partial charge in [0.1, 0.15) is 5.54 Å². The number of hydrogen-bond acceptors (Lipinski definition) is 6. The number of carbonyl (C=O) groups excluding carboxylic acids is 1. The van der Waals surface area contributed by atoms with E-state index in [0.717, 1.165) is 38.8 Å². The second-order valence-electron chi connectivity index (χ2n) is 5.91. The summed E-state index contributed by atoms with van der Waals surface area (Å²) in [5, 5.41) is 12.9. The van der Waals surface area contributed by atoms with Gasteiger partial charge in [0.25, 0.3) is 0 Å². The van der Waals surface area contributed by atoms with Crippen molar-refractivity contribution in [3.63, 3.8) is 0 Å². The highest BCUT2D eigenvalue weighted by Gasteiger charge is 2.50. The van der Waals surface area contributed by atoms with Crippen molar-refractivity contribution < 1.29 is 14.4 Å². The molecule has 2 fully saturated rings. The molecule has 1 atom stereocenters. The van der Waals surface area contributed by atoms with Crippen LogP contribution in [0.2, 0.25) is 0 Å². The molecule has 7 nitrogen and oxygen atoms in total. The van der Waals surface area contributed by atoms with Crippen LogP contribution in [0, 0.1) is 6.92 Å². The fourth-order valence-corrected chi connectivity index (χ4v) is 3.66. The van der Waals surface area contributed by atoms with E-state index in [2.05, 4.69) is 15.0 Å². The van der Waals surface area contributed by atoms with Gasteiger partial charge in [-0.25, -0.2) is 0 Å². The lowest BCUT2D eigenvalue weighted by Gasteiger charge is -2.44. The average Bonchev–Trinajstić information content (AvgIpc) is 3.04. The molecule has 0 radical (unpaired) electrons. The minimum Gasteiger partial charge on any atom is -0.395 e. The Morgan fingerprint density at radius 3 is 2.76 bits per heavy atom. The Hall–Kier alpha value is -1.47. The van der Waals surface area contributed by atoms with E-state index in [1.54, 1.807) is 11.8 Å². The highest BCUT2D eigenvalue weighted by atomic mass is 16.5. The molecule has 21 heavy (non-hydrogen) atoms. The standard InChI is InChI=1S/C14H22N4O3/c1-11-15-12(21-16-11)10-18-7-3-5-14(18)4-2-6-17(8-9-19)13(14)20/h19H,2-10H2,1H3. The van der Waals surface area contributed by atoms with Crippen molar-refractivity contribution >= 4 is 5.91 Å². The van der Waals surface area contributed by atoms with Crippen molar-refractivity contribution in [2.45, 2.75) is 44.7 Å². The van der Waals surface area contributed by atoms with Crippen molar-refractivity contribution in [1.82, 2.24) is 19.9 Å². The lowest BCUT2D eigenvalue weighted by Crippen LogP contribution is -2.60. The maximum Gasteiger partial charge on any atom is 0.243 e. The van der Waals surface area contributed by atoms with Gasteiger partial charge in [0, 0.05) is 13.1 Å². The van der Waals surface area contributed by atoms with Crippen molar-refractivity contribution in [3.05, 3.63) is 11.7 Å². The first-order chi connectivity index (χ1) is 10.2. The molecular formula is C14H22N4O3. The monoisotopic (exact) mass is 294 g/mol.